The average Bonchev–Trinajstić information content (AvgIpc) is 3.04. The fourth-order valence-corrected chi connectivity index (χ4v) is 4.97. The Morgan fingerprint density at radius 3 is 2.70 bits per heavy atom. The number of esters is 1. The SMILES string of the molecule is CCOC(=O)c1c(NC(=O)CCc2ccccc2)sc2c1CC[C@H](CC)C2. The van der Waals surface area contributed by atoms with Gasteiger partial charge in [0.2, 0.25) is 5.91 Å². The smallest absolute Gasteiger partial charge is 0.341 e. The maximum Gasteiger partial charge on any atom is 0.341 e. The fraction of sp³-hybridized carbons (Fsp3) is 0.455. The summed E-state index contributed by atoms with van der Waals surface area (Å²) < 4.78 is 5.27. The van der Waals surface area contributed by atoms with E-state index in [0.717, 1.165) is 36.8 Å². The van der Waals surface area contributed by atoms with E-state index in [-0.39, 0.29) is 11.9 Å². The second kappa shape index (κ2) is 9.18. The molecule has 3 rings (SSSR count). The van der Waals surface area contributed by atoms with Gasteiger partial charge < -0.3 is 10.1 Å². The highest BCUT2D eigenvalue weighted by Crippen LogP contribution is 2.40. The van der Waals surface area contributed by atoms with E-state index < -0.39 is 0 Å². The van der Waals surface area contributed by atoms with Crippen LogP contribution >= 0.6 is 11.3 Å². The molecule has 1 aromatic carbocycles. The largest absolute Gasteiger partial charge is 0.462 e. The molecule has 0 saturated heterocycles. The molecule has 0 aliphatic heterocycles. The minimum Gasteiger partial charge on any atom is -0.462 e. The third-order valence-electron chi connectivity index (χ3n) is 5.16. The Bertz CT molecular complexity index is 797. The third kappa shape index (κ3) is 4.78. The number of benzene rings is 1. The van der Waals surface area contributed by atoms with Crippen LogP contribution in [0, 0.1) is 5.92 Å². The zero-order valence-corrected chi connectivity index (χ0v) is 16.9. The molecule has 0 radical (unpaired) electrons. The van der Waals surface area contributed by atoms with Crippen molar-refractivity contribution in [3.8, 4) is 0 Å². The van der Waals surface area contributed by atoms with Crippen molar-refractivity contribution < 1.29 is 14.3 Å². The van der Waals surface area contributed by atoms with Gasteiger partial charge in [0.15, 0.2) is 0 Å². The molecule has 4 nitrogen and oxygen atoms in total. The molecule has 1 atom stereocenters. The maximum atomic E-state index is 12.5. The van der Waals surface area contributed by atoms with Crippen LogP contribution in [0.3, 0.4) is 0 Å². The molecule has 0 fully saturated rings. The lowest BCUT2D eigenvalue weighted by Crippen LogP contribution is -2.17. The zero-order valence-electron chi connectivity index (χ0n) is 16.0. The molecule has 144 valence electrons. The van der Waals surface area contributed by atoms with Gasteiger partial charge in [-0.25, -0.2) is 4.79 Å². The first kappa shape index (κ1) is 19.6. The number of hydrogen-bond donors (Lipinski definition) is 1. The van der Waals surface area contributed by atoms with E-state index in [2.05, 4.69) is 12.2 Å². The Morgan fingerprint density at radius 1 is 1.22 bits per heavy atom. The number of thiophene rings is 1. The minimum atomic E-state index is -0.316. The highest BCUT2D eigenvalue weighted by atomic mass is 32.1. The number of rotatable bonds is 7. The number of carbonyl (C=O) groups is 2. The molecule has 1 amide bonds. The monoisotopic (exact) mass is 385 g/mol. The fourth-order valence-electron chi connectivity index (χ4n) is 3.60. The predicted molar refractivity (Wildman–Crippen MR) is 109 cm³/mol. The predicted octanol–water partition coefficient (Wildman–Crippen LogP) is 5.01. The summed E-state index contributed by atoms with van der Waals surface area (Å²) in [6.45, 7) is 4.35. The Hall–Kier alpha value is -2.14. The van der Waals surface area contributed by atoms with E-state index in [1.165, 1.54) is 4.88 Å². The van der Waals surface area contributed by atoms with Crippen LogP contribution in [0.2, 0.25) is 0 Å². The Morgan fingerprint density at radius 2 is 2.00 bits per heavy atom. The zero-order chi connectivity index (χ0) is 19.2. The molecule has 0 spiro atoms. The number of hydrogen-bond acceptors (Lipinski definition) is 4. The Labute approximate surface area is 164 Å². The van der Waals surface area contributed by atoms with Gasteiger partial charge in [-0.05, 0) is 49.7 Å². The number of anilines is 1. The van der Waals surface area contributed by atoms with Crippen molar-refractivity contribution in [2.24, 2.45) is 5.92 Å². The lowest BCUT2D eigenvalue weighted by Gasteiger charge is -2.20. The van der Waals surface area contributed by atoms with Gasteiger partial charge in [-0.15, -0.1) is 11.3 Å². The topological polar surface area (TPSA) is 55.4 Å². The lowest BCUT2D eigenvalue weighted by atomic mass is 9.85. The molecule has 0 bridgehead atoms. The van der Waals surface area contributed by atoms with Crippen molar-refractivity contribution >= 4 is 28.2 Å². The number of fused-ring (bicyclic) bond motifs is 1. The molecule has 1 aromatic heterocycles. The van der Waals surface area contributed by atoms with Gasteiger partial charge in [0, 0.05) is 11.3 Å². The summed E-state index contributed by atoms with van der Waals surface area (Å²) in [6, 6.07) is 9.96. The molecule has 1 aliphatic rings. The van der Waals surface area contributed by atoms with E-state index in [1.807, 2.05) is 37.3 Å². The Balaban J connectivity index is 1.76. The number of ether oxygens (including phenoxy) is 1. The van der Waals surface area contributed by atoms with E-state index in [0.29, 0.717) is 35.9 Å². The van der Waals surface area contributed by atoms with E-state index in [1.54, 1.807) is 11.3 Å². The van der Waals surface area contributed by atoms with Crippen molar-refractivity contribution in [2.75, 3.05) is 11.9 Å². The van der Waals surface area contributed by atoms with Gasteiger partial charge in [0.05, 0.1) is 12.2 Å². The first-order valence-corrected chi connectivity index (χ1v) is 10.6. The number of aryl methyl sites for hydroxylation is 1. The maximum absolute atomic E-state index is 12.5. The van der Waals surface area contributed by atoms with Crippen molar-refractivity contribution in [1.29, 1.82) is 0 Å². The summed E-state index contributed by atoms with van der Waals surface area (Å²) >= 11 is 1.55. The van der Waals surface area contributed by atoms with Gasteiger partial charge >= 0.3 is 5.97 Å². The molecule has 27 heavy (non-hydrogen) atoms. The summed E-state index contributed by atoms with van der Waals surface area (Å²) in [7, 11) is 0. The minimum absolute atomic E-state index is 0.0601. The van der Waals surface area contributed by atoms with Crippen LogP contribution in [-0.4, -0.2) is 18.5 Å². The molecule has 2 aromatic rings. The lowest BCUT2D eigenvalue weighted by molar-refractivity contribution is -0.116. The molecule has 1 heterocycles. The molecule has 1 N–H and O–H groups in total. The summed E-state index contributed by atoms with van der Waals surface area (Å²) in [6.07, 6.45) is 5.19. The van der Waals surface area contributed by atoms with Crippen LogP contribution in [0.15, 0.2) is 30.3 Å². The van der Waals surface area contributed by atoms with Gasteiger partial charge in [0.25, 0.3) is 0 Å². The van der Waals surface area contributed by atoms with Crippen LogP contribution in [0.1, 0.15) is 59.5 Å². The summed E-state index contributed by atoms with van der Waals surface area (Å²) in [5.74, 6) is 0.283. The molecule has 0 unspecified atom stereocenters. The second-order valence-electron chi connectivity index (χ2n) is 6.98. The van der Waals surface area contributed by atoms with Gasteiger partial charge in [-0.1, -0.05) is 43.7 Å². The molecule has 1 aliphatic carbocycles. The first-order valence-electron chi connectivity index (χ1n) is 9.77. The molecule has 5 heteroatoms. The van der Waals surface area contributed by atoms with E-state index in [9.17, 15) is 9.59 Å². The first-order chi connectivity index (χ1) is 13.1. The van der Waals surface area contributed by atoms with Crippen molar-refractivity contribution in [3.05, 3.63) is 51.9 Å². The third-order valence-corrected chi connectivity index (χ3v) is 6.33. The van der Waals surface area contributed by atoms with E-state index >= 15 is 0 Å². The van der Waals surface area contributed by atoms with Crippen LogP contribution in [0.25, 0.3) is 0 Å². The number of amides is 1. The van der Waals surface area contributed by atoms with Gasteiger partial charge in [-0.3, -0.25) is 4.79 Å². The van der Waals surface area contributed by atoms with Crippen LogP contribution in [0.4, 0.5) is 5.00 Å². The normalized spacial score (nSPS) is 15.9. The quantitative estimate of drug-likeness (QED) is 0.682. The molecule has 0 saturated carbocycles. The second-order valence-corrected chi connectivity index (χ2v) is 8.08. The van der Waals surface area contributed by atoms with Crippen LogP contribution < -0.4 is 5.32 Å². The molecular formula is C22H27NO3S. The highest BCUT2D eigenvalue weighted by Gasteiger charge is 2.29. The van der Waals surface area contributed by atoms with Crippen molar-refractivity contribution in [1.82, 2.24) is 0 Å². The average molecular weight is 386 g/mol. The van der Waals surface area contributed by atoms with Gasteiger partial charge in [0.1, 0.15) is 5.00 Å². The summed E-state index contributed by atoms with van der Waals surface area (Å²) in [5, 5.41) is 3.65. The standard InChI is InChI=1S/C22H27NO3S/c1-3-15-10-12-17-18(14-15)27-21(20(17)22(25)26-4-2)23-19(24)13-11-16-8-6-5-7-9-16/h5-9,15H,3-4,10-14H2,1-2H3,(H,23,24)/t15-/m0/s1. The number of nitrogens with one attached hydrogen (secondary N) is 1. The van der Waals surface area contributed by atoms with Crippen LogP contribution in [0.5, 0.6) is 0 Å². The highest BCUT2D eigenvalue weighted by molar-refractivity contribution is 7.17. The summed E-state index contributed by atoms with van der Waals surface area (Å²) in [5.41, 5.74) is 2.80. The number of carbonyl (C=O) groups excluding carboxylic acids is 2. The van der Waals surface area contributed by atoms with Crippen molar-refractivity contribution in [2.45, 2.75) is 52.4 Å². The van der Waals surface area contributed by atoms with E-state index in [4.69, 9.17) is 4.74 Å². The van der Waals surface area contributed by atoms with Crippen molar-refractivity contribution in [3.63, 3.8) is 0 Å². The van der Waals surface area contributed by atoms with Crippen LogP contribution in [-0.2, 0) is 28.8 Å². The van der Waals surface area contributed by atoms with Gasteiger partial charge in [-0.2, -0.15) is 0 Å². The summed E-state index contributed by atoms with van der Waals surface area (Å²) in [4.78, 5) is 26.3. The molecular weight excluding hydrogens is 358 g/mol. The Kier molecular flexibility index (Phi) is 6.67.